The molecule has 1 heterocycles. The molecule has 1 aliphatic rings. The van der Waals surface area contributed by atoms with Crippen LogP contribution in [0.1, 0.15) is 31.7 Å². The number of ether oxygens (including phenoxy) is 1. The van der Waals surface area contributed by atoms with E-state index in [4.69, 9.17) is 6.57 Å². The molecule has 0 spiro atoms. The van der Waals surface area contributed by atoms with Crippen molar-refractivity contribution in [1.29, 1.82) is 0 Å². The van der Waals surface area contributed by atoms with Crippen LogP contribution in [0.5, 0.6) is 5.75 Å². The zero-order valence-electron chi connectivity index (χ0n) is 15.8. The zero-order chi connectivity index (χ0) is 21.6. The molecule has 1 aliphatic heterocycles. The number of aliphatic hydroxyl groups excluding tert-OH is 1. The van der Waals surface area contributed by atoms with Gasteiger partial charge >= 0.3 is 6.36 Å². The van der Waals surface area contributed by atoms with Gasteiger partial charge in [0, 0.05) is 25.2 Å². The van der Waals surface area contributed by atoms with E-state index in [0.717, 1.165) is 6.07 Å². The normalized spacial score (nSPS) is 17.9. The average Bonchev–Trinajstić information content (AvgIpc) is 2.70. The lowest BCUT2D eigenvalue weighted by atomic mass is 9.96. The summed E-state index contributed by atoms with van der Waals surface area (Å²) in [6.07, 6.45) is -4.65. The molecule has 7 nitrogen and oxygen atoms in total. The molecule has 1 fully saturated rings. The van der Waals surface area contributed by atoms with Crippen molar-refractivity contribution < 1.29 is 32.6 Å². The molecule has 0 bridgehead atoms. The maximum atomic E-state index is 12.6. The number of likely N-dealkylation sites (tertiary alicyclic amines) is 1. The molecular weight excluding hydrogens is 391 g/mol. The number of carbonyl (C=O) groups excluding carboxylic acids is 2. The molecule has 1 aromatic rings. The van der Waals surface area contributed by atoms with E-state index in [9.17, 15) is 27.9 Å². The molecule has 158 valence electrons. The molecule has 2 rings (SSSR count). The number of rotatable bonds is 6. The molecule has 0 aromatic heterocycles. The second-order valence-electron chi connectivity index (χ2n) is 6.72. The van der Waals surface area contributed by atoms with E-state index in [1.807, 2.05) is 0 Å². The van der Waals surface area contributed by atoms with Crippen LogP contribution in [0.4, 0.5) is 18.9 Å². The molecule has 1 saturated heterocycles. The van der Waals surface area contributed by atoms with Gasteiger partial charge in [-0.15, -0.1) is 13.2 Å². The number of amides is 2. The number of alkyl halides is 3. The van der Waals surface area contributed by atoms with E-state index >= 15 is 0 Å². The Kier molecular flexibility index (Phi) is 7.45. The van der Waals surface area contributed by atoms with Gasteiger partial charge in [0.1, 0.15) is 11.9 Å². The second kappa shape index (κ2) is 9.60. The van der Waals surface area contributed by atoms with E-state index in [-0.39, 0.29) is 30.8 Å². The van der Waals surface area contributed by atoms with E-state index in [1.54, 1.807) is 6.92 Å². The van der Waals surface area contributed by atoms with Crippen LogP contribution < -0.4 is 10.1 Å². The summed E-state index contributed by atoms with van der Waals surface area (Å²) in [5.74, 6) is -1.90. The van der Waals surface area contributed by atoms with Gasteiger partial charge in [0.15, 0.2) is 5.69 Å². The van der Waals surface area contributed by atoms with Crippen molar-refractivity contribution in [2.45, 2.75) is 45.2 Å². The molecule has 0 aliphatic carbocycles. The van der Waals surface area contributed by atoms with Crippen LogP contribution in [0.15, 0.2) is 18.2 Å². The molecule has 0 saturated carbocycles. The predicted molar refractivity (Wildman–Crippen MR) is 96.8 cm³/mol. The van der Waals surface area contributed by atoms with Gasteiger partial charge in [0.2, 0.25) is 5.91 Å². The van der Waals surface area contributed by atoms with Gasteiger partial charge in [-0.3, -0.25) is 9.59 Å². The van der Waals surface area contributed by atoms with Gasteiger partial charge in [-0.05, 0) is 25.3 Å². The number of hydrogen-bond acceptors (Lipinski definition) is 4. The van der Waals surface area contributed by atoms with Crippen LogP contribution in [0.3, 0.4) is 0 Å². The number of aliphatic hydroxyl groups is 1. The first-order valence-corrected chi connectivity index (χ1v) is 9.15. The molecule has 0 unspecified atom stereocenters. The number of halogens is 3. The van der Waals surface area contributed by atoms with Crippen molar-refractivity contribution in [3.8, 4) is 5.75 Å². The minimum absolute atomic E-state index is 0.0183. The fraction of sp³-hybridized carbons (Fsp3) is 0.526. The standard InChI is InChI=1S/C19H22F3N3O4/c1-3-15(26)18(28)25-8-4-5-13(11-25)17(27)24-10-12-6-7-14(23-2)9-16(12)29-19(20,21)22/h6-7,9,13,15,26H,3-5,8,10-11H2,1H3,(H,24,27)/t13-,15-/m1/s1. The van der Waals surface area contributed by atoms with Gasteiger partial charge in [-0.1, -0.05) is 19.1 Å². The van der Waals surface area contributed by atoms with Crippen molar-refractivity contribution in [2.75, 3.05) is 13.1 Å². The Labute approximate surface area is 166 Å². The highest BCUT2D eigenvalue weighted by molar-refractivity contribution is 5.83. The van der Waals surface area contributed by atoms with Crippen LogP contribution in [0, 0.1) is 12.5 Å². The fourth-order valence-corrected chi connectivity index (χ4v) is 3.08. The minimum atomic E-state index is -4.93. The lowest BCUT2D eigenvalue weighted by Gasteiger charge is -2.33. The number of benzene rings is 1. The third-order valence-corrected chi connectivity index (χ3v) is 4.63. The quantitative estimate of drug-likeness (QED) is 0.703. The maximum absolute atomic E-state index is 12.6. The summed E-state index contributed by atoms with van der Waals surface area (Å²) >= 11 is 0. The van der Waals surface area contributed by atoms with Gasteiger partial charge in [-0.2, -0.15) is 0 Å². The Morgan fingerprint density at radius 1 is 1.45 bits per heavy atom. The number of nitrogens with zero attached hydrogens (tertiary/aromatic N) is 2. The van der Waals surface area contributed by atoms with E-state index < -0.39 is 35.9 Å². The largest absolute Gasteiger partial charge is 0.573 e. The van der Waals surface area contributed by atoms with Crippen LogP contribution in [0.25, 0.3) is 4.85 Å². The Hall–Kier alpha value is -2.80. The minimum Gasteiger partial charge on any atom is -0.407 e. The summed E-state index contributed by atoms with van der Waals surface area (Å²) in [6, 6.07) is 3.60. The monoisotopic (exact) mass is 413 g/mol. The zero-order valence-corrected chi connectivity index (χ0v) is 15.8. The van der Waals surface area contributed by atoms with Crippen molar-refractivity contribution in [3.05, 3.63) is 35.2 Å². The Bertz CT molecular complexity index is 792. The highest BCUT2D eigenvalue weighted by Gasteiger charge is 2.33. The average molecular weight is 413 g/mol. The summed E-state index contributed by atoms with van der Waals surface area (Å²) in [5, 5.41) is 12.3. The van der Waals surface area contributed by atoms with Crippen molar-refractivity contribution >= 4 is 17.5 Å². The van der Waals surface area contributed by atoms with Gasteiger partial charge in [0.25, 0.3) is 5.91 Å². The smallest absolute Gasteiger partial charge is 0.407 e. The first kappa shape index (κ1) is 22.5. The van der Waals surface area contributed by atoms with Gasteiger partial charge in [-0.25, -0.2) is 4.85 Å². The van der Waals surface area contributed by atoms with Crippen LogP contribution in [0.2, 0.25) is 0 Å². The molecule has 2 amide bonds. The number of piperidine rings is 1. The molecule has 1 aromatic carbocycles. The van der Waals surface area contributed by atoms with E-state index in [1.165, 1.54) is 17.0 Å². The molecule has 2 atom stereocenters. The summed E-state index contributed by atoms with van der Waals surface area (Å²) in [6.45, 7) is 8.96. The molecular formula is C19H22F3N3O4. The first-order valence-electron chi connectivity index (χ1n) is 9.15. The number of hydrogen-bond donors (Lipinski definition) is 2. The third-order valence-electron chi connectivity index (χ3n) is 4.63. The number of nitrogens with one attached hydrogen (secondary N) is 1. The van der Waals surface area contributed by atoms with Crippen molar-refractivity contribution in [3.63, 3.8) is 0 Å². The molecule has 10 heteroatoms. The maximum Gasteiger partial charge on any atom is 0.573 e. The van der Waals surface area contributed by atoms with E-state index in [2.05, 4.69) is 14.9 Å². The van der Waals surface area contributed by atoms with Gasteiger partial charge < -0.3 is 20.1 Å². The SMILES string of the molecule is [C-]#[N+]c1ccc(CNC(=O)[C@@H]2CCCN(C(=O)[C@H](O)CC)C2)c(OC(F)(F)F)c1. The topological polar surface area (TPSA) is 83.2 Å². The van der Waals surface area contributed by atoms with Crippen molar-refractivity contribution in [1.82, 2.24) is 10.2 Å². The lowest BCUT2D eigenvalue weighted by Crippen LogP contribution is -2.48. The predicted octanol–water partition coefficient (Wildman–Crippen LogP) is 2.76. The molecule has 2 N–H and O–H groups in total. The number of carbonyl (C=O) groups is 2. The summed E-state index contributed by atoms with van der Waals surface area (Å²) in [4.78, 5) is 29.1. The Morgan fingerprint density at radius 3 is 2.79 bits per heavy atom. The van der Waals surface area contributed by atoms with Gasteiger partial charge in [0.05, 0.1) is 12.5 Å². The first-order chi connectivity index (χ1) is 13.6. The Morgan fingerprint density at radius 2 is 2.17 bits per heavy atom. The molecule has 29 heavy (non-hydrogen) atoms. The van der Waals surface area contributed by atoms with Crippen LogP contribution in [-0.2, 0) is 16.1 Å². The third kappa shape index (κ3) is 6.35. The summed E-state index contributed by atoms with van der Waals surface area (Å²) in [7, 11) is 0. The van der Waals surface area contributed by atoms with E-state index in [0.29, 0.717) is 19.4 Å². The highest BCUT2D eigenvalue weighted by atomic mass is 19.4. The van der Waals surface area contributed by atoms with Crippen LogP contribution >= 0.6 is 0 Å². The Balaban J connectivity index is 2.03. The molecule has 0 radical (unpaired) electrons. The summed E-state index contributed by atoms with van der Waals surface area (Å²) in [5.41, 5.74) is 0.0588. The second-order valence-corrected chi connectivity index (χ2v) is 6.72. The highest BCUT2D eigenvalue weighted by Crippen LogP contribution is 2.30. The summed E-state index contributed by atoms with van der Waals surface area (Å²) < 4.78 is 41.8. The fourth-order valence-electron chi connectivity index (χ4n) is 3.08. The van der Waals surface area contributed by atoms with Crippen LogP contribution in [-0.4, -0.2) is 47.4 Å². The van der Waals surface area contributed by atoms with Crippen molar-refractivity contribution in [2.24, 2.45) is 5.92 Å². The lowest BCUT2D eigenvalue weighted by molar-refractivity contribution is -0.274.